The predicted molar refractivity (Wildman–Crippen MR) is 49.6 cm³/mol. The molecule has 0 aliphatic rings. The number of nitrogens with zero attached hydrogens (tertiary/aromatic N) is 1. The number of aromatic amines is 1. The molecule has 6 nitrogen and oxygen atoms in total. The summed E-state index contributed by atoms with van der Waals surface area (Å²) in [4.78, 5) is 22.3. The standard InChI is InChI=1S/C8H10N4O2/c1-3(13)5-6(4(2)14)11-12-7(5)8(9)10/h1-2H3,(H3,9,10)(H,11,12). The molecule has 0 atom stereocenters. The van der Waals surface area contributed by atoms with Crippen molar-refractivity contribution in [2.75, 3.05) is 0 Å². The van der Waals surface area contributed by atoms with Crippen LogP contribution >= 0.6 is 0 Å². The topological polar surface area (TPSA) is 113 Å². The Labute approximate surface area is 80.0 Å². The molecule has 0 aliphatic carbocycles. The van der Waals surface area contributed by atoms with Gasteiger partial charge in [0, 0.05) is 6.92 Å². The molecule has 74 valence electrons. The number of nitrogen functional groups attached to an aromatic ring is 1. The average Bonchev–Trinajstić information content (AvgIpc) is 2.46. The highest BCUT2D eigenvalue weighted by Gasteiger charge is 2.21. The summed E-state index contributed by atoms with van der Waals surface area (Å²) in [5, 5.41) is 13.2. The predicted octanol–water partition coefficient (Wildman–Crippen LogP) is 0.0990. The number of carbonyl (C=O) groups is 2. The molecule has 0 saturated carbocycles. The van der Waals surface area contributed by atoms with Crippen LogP contribution in [0.15, 0.2) is 0 Å². The van der Waals surface area contributed by atoms with Gasteiger partial charge in [-0.25, -0.2) is 0 Å². The molecular weight excluding hydrogens is 184 g/mol. The van der Waals surface area contributed by atoms with Crippen LogP contribution in [0.1, 0.15) is 40.4 Å². The highest BCUT2D eigenvalue weighted by molar-refractivity contribution is 6.12. The molecule has 0 amide bonds. The van der Waals surface area contributed by atoms with Gasteiger partial charge in [-0.15, -0.1) is 0 Å². The lowest BCUT2D eigenvalue weighted by Gasteiger charge is -1.97. The summed E-state index contributed by atoms with van der Waals surface area (Å²) in [5.74, 6) is -0.983. The Balaban J connectivity index is 3.42. The Hall–Kier alpha value is -1.98. The minimum Gasteiger partial charge on any atom is -0.382 e. The molecular formula is C8H10N4O2. The summed E-state index contributed by atoms with van der Waals surface area (Å²) in [6.07, 6.45) is 0. The van der Waals surface area contributed by atoms with Crippen LogP contribution in [-0.2, 0) is 0 Å². The molecule has 6 heteroatoms. The molecule has 1 heterocycles. The Morgan fingerprint density at radius 2 is 1.93 bits per heavy atom. The van der Waals surface area contributed by atoms with E-state index in [9.17, 15) is 9.59 Å². The molecule has 0 aliphatic heterocycles. The van der Waals surface area contributed by atoms with E-state index in [1.165, 1.54) is 13.8 Å². The average molecular weight is 194 g/mol. The van der Waals surface area contributed by atoms with Gasteiger partial charge in [-0.1, -0.05) is 0 Å². The third-order valence-corrected chi connectivity index (χ3v) is 1.73. The summed E-state index contributed by atoms with van der Waals surface area (Å²) >= 11 is 0. The zero-order valence-electron chi connectivity index (χ0n) is 7.84. The molecule has 0 spiro atoms. The quantitative estimate of drug-likeness (QED) is 0.359. The van der Waals surface area contributed by atoms with Gasteiger partial charge < -0.3 is 5.73 Å². The maximum absolute atomic E-state index is 11.2. The van der Waals surface area contributed by atoms with Gasteiger partial charge >= 0.3 is 0 Å². The van der Waals surface area contributed by atoms with Crippen molar-refractivity contribution in [3.05, 3.63) is 17.0 Å². The van der Waals surface area contributed by atoms with Crippen LogP contribution in [0.3, 0.4) is 0 Å². The van der Waals surface area contributed by atoms with Crippen LogP contribution in [0.2, 0.25) is 0 Å². The number of rotatable bonds is 3. The smallest absolute Gasteiger partial charge is 0.178 e. The highest BCUT2D eigenvalue weighted by atomic mass is 16.1. The van der Waals surface area contributed by atoms with Crippen molar-refractivity contribution in [1.29, 1.82) is 5.41 Å². The highest BCUT2D eigenvalue weighted by Crippen LogP contribution is 2.12. The maximum Gasteiger partial charge on any atom is 0.178 e. The second-order valence-electron chi connectivity index (χ2n) is 2.85. The van der Waals surface area contributed by atoms with E-state index < -0.39 is 0 Å². The Kier molecular flexibility index (Phi) is 2.46. The van der Waals surface area contributed by atoms with Crippen LogP contribution < -0.4 is 5.73 Å². The molecule has 0 fully saturated rings. The van der Waals surface area contributed by atoms with Gasteiger partial charge in [0.25, 0.3) is 0 Å². The number of nitrogens with two attached hydrogens (primary N) is 1. The first-order chi connectivity index (χ1) is 6.45. The van der Waals surface area contributed by atoms with Gasteiger partial charge in [0.2, 0.25) is 0 Å². The van der Waals surface area contributed by atoms with Crippen molar-refractivity contribution in [3.63, 3.8) is 0 Å². The number of nitrogens with one attached hydrogen (secondary N) is 2. The number of amidine groups is 1. The first kappa shape index (κ1) is 10.1. The Bertz CT molecular complexity index is 387. The van der Waals surface area contributed by atoms with E-state index in [-0.39, 0.29) is 34.4 Å². The molecule has 1 rings (SSSR count). The normalized spacial score (nSPS) is 9.86. The summed E-state index contributed by atoms with van der Waals surface area (Å²) in [6, 6.07) is 0. The van der Waals surface area contributed by atoms with Gasteiger partial charge in [0.15, 0.2) is 11.6 Å². The van der Waals surface area contributed by atoms with Gasteiger partial charge in [-0.05, 0) is 6.92 Å². The number of Topliss-reactive ketones (excluding diaryl/α,β-unsaturated/α-hetero) is 2. The molecule has 4 N–H and O–H groups in total. The van der Waals surface area contributed by atoms with Crippen LogP contribution in [0, 0.1) is 5.41 Å². The fourth-order valence-electron chi connectivity index (χ4n) is 1.13. The monoisotopic (exact) mass is 194 g/mol. The molecule has 0 radical (unpaired) electrons. The van der Waals surface area contributed by atoms with E-state index in [1.807, 2.05) is 0 Å². The molecule has 0 unspecified atom stereocenters. The van der Waals surface area contributed by atoms with Gasteiger partial charge in [-0.3, -0.25) is 20.1 Å². The van der Waals surface area contributed by atoms with Crippen molar-refractivity contribution in [2.24, 2.45) is 5.73 Å². The molecule has 1 aromatic heterocycles. The first-order valence-electron chi connectivity index (χ1n) is 3.89. The van der Waals surface area contributed by atoms with Crippen molar-refractivity contribution in [2.45, 2.75) is 13.8 Å². The summed E-state index contributed by atoms with van der Waals surface area (Å²) in [5.41, 5.74) is 5.42. The third-order valence-electron chi connectivity index (χ3n) is 1.73. The van der Waals surface area contributed by atoms with Crippen molar-refractivity contribution in [1.82, 2.24) is 10.2 Å². The van der Waals surface area contributed by atoms with E-state index >= 15 is 0 Å². The lowest BCUT2D eigenvalue weighted by atomic mass is 10.1. The minimum absolute atomic E-state index is 0.0303. The largest absolute Gasteiger partial charge is 0.382 e. The van der Waals surface area contributed by atoms with E-state index in [0.717, 1.165) is 0 Å². The fraction of sp³-hybridized carbons (Fsp3) is 0.250. The second-order valence-corrected chi connectivity index (χ2v) is 2.85. The number of ketones is 2. The summed E-state index contributed by atoms with van der Waals surface area (Å²) in [7, 11) is 0. The maximum atomic E-state index is 11.2. The molecule has 0 aromatic carbocycles. The molecule has 14 heavy (non-hydrogen) atoms. The molecule has 0 saturated heterocycles. The first-order valence-corrected chi connectivity index (χ1v) is 3.89. The number of hydrogen-bond donors (Lipinski definition) is 3. The summed E-state index contributed by atoms with van der Waals surface area (Å²) in [6.45, 7) is 2.60. The summed E-state index contributed by atoms with van der Waals surface area (Å²) < 4.78 is 0. The third kappa shape index (κ3) is 1.54. The second kappa shape index (κ2) is 3.41. The SMILES string of the molecule is CC(=O)c1[nH]nc(C(=N)N)c1C(C)=O. The van der Waals surface area contributed by atoms with E-state index in [0.29, 0.717) is 0 Å². The van der Waals surface area contributed by atoms with Gasteiger partial charge in [0.1, 0.15) is 17.2 Å². The number of H-pyrrole nitrogens is 1. The Morgan fingerprint density at radius 3 is 2.29 bits per heavy atom. The van der Waals surface area contributed by atoms with Gasteiger partial charge in [0.05, 0.1) is 5.56 Å². The lowest BCUT2D eigenvalue weighted by molar-refractivity contribution is 0.0978. The Morgan fingerprint density at radius 1 is 1.36 bits per heavy atom. The number of hydrogen-bond acceptors (Lipinski definition) is 4. The van der Waals surface area contributed by atoms with Crippen molar-refractivity contribution < 1.29 is 9.59 Å². The molecule has 0 bridgehead atoms. The molecule has 1 aromatic rings. The van der Waals surface area contributed by atoms with Crippen molar-refractivity contribution in [3.8, 4) is 0 Å². The number of aromatic nitrogens is 2. The lowest BCUT2D eigenvalue weighted by Crippen LogP contribution is -2.16. The minimum atomic E-state index is -0.339. The van der Waals surface area contributed by atoms with E-state index in [2.05, 4.69) is 10.2 Å². The zero-order chi connectivity index (χ0) is 10.9. The van der Waals surface area contributed by atoms with E-state index in [1.54, 1.807) is 0 Å². The number of carbonyl (C=O) groups excluding carboxylic acids is 2. The van der Waals surface area contributed by atoms with Crippen LogP contribution in [0.25, 0.3) is 0 Å². The zero-order valence-corrected chi connectivity index (χ0v) is 7.84. The van der Waals surface area contributed by atoms with E-state index in [4.69, 9.17) is 11.1 Å². The van der Waals surface area contributed by atoms with Crippen LogP contribution in [0.4, 0.5) is 0 Å². The fourth-order valence-corrected chi connectivity index (χ4v) is 1.13. The van der Waals surface area contributed by atoms with Crippen LogP contribution in [0.5, 0.6) is 0 Å². The van der Waals surface area contributed by atoms with Crippen LogP contribution in [-0.4, -0.2) is 27.6 Å². The van der Waals surface area contributed by atoms with Crippen molar-refractivity contribution >= 4 is 17.4 Å². The van der Waals surface area contributed by atoms with Gasteiger partial charge in [-0.2, -0.15) is 5.10 Å².